The molecule has 0 aliphatic carbocycles. The molecule has 1 saturated heterocycles. The van der Waals surface area contributed by atoms with E-state index in [1.807, 2.05) is 20.8 Å². The summed E-state index contributed by atoms with van der Waals surface area (Å²) in [6, 6.07) is 6.67. The van der Waals surface area contributed by atoms with Crippen LogP contribution in [0, 0.1) is 11.8 Å². The number of nitrogens with one attached hydrogen (secondary N) is 2. The third-order valence-electron chi connectivity index (χ3n) is 3.81. The van der Waals surface area contributed by atoms with Gasteiger partial charge in [0.2, 0.25) is 0 Å². The fourth-order valence-corrected chi connectivity index (χ4v) is 3.86. The smallest absolute Gasteiger partial charge is 0.301 e. The zero-order chi connectivity index (χ0) is 17.0. The average molecular weight is 339 g/mol. The van der Waals surface area contributed by atoms with Crippen LogP contribution in [0.5, 0.6) is 0 Å². The van der Waals surface area contributed by atoms with Gasteiger partial charge in [0.05, 0.1) is 11.3 Å². The molecule has 2 N–H and O–H groups in total. The zero-order valence-corrected chi connectivity index (χ0v) is 14.7. The van der Waals surface area contributed by atoms with Crippen LogP contribution < -0.4 is 10.0 Å². The molecule has 0 radical (unpaired) electrons. The van der Waals surface area contributed by atoms with E-state index in [0.717, 1.165) is 6.42 Å². The molecule has 1 aromatic carbocycles. The highest BCUT2D eigenvalue weighted by Gasteiger charge is 2.30. The van der Waals surface area contributed by atoms with Crippen molar-refractivity contribution < 1.29 is 13.2 Å². The van der Waals surface area contributed by atoms with Gasteiger partial charge in [0.1, 0.15) is 0 Å². The predicted octanol–water partition coefficient (Wildman–Crippen LogP) is 2.07. The van der Waals surface area contributed by atoms with E-state index in [1.165, 1.54) is 4.31 Å². The highest BCUT2D eigenvalue weighted by atomic mass is 32.2. The van der Waals surface area contributed by atoms with Gasteiger partial charge in [0.15, 0.2) is 0 Å². The Hall–Kier alpha value is -1.60. The Labute approximate surface area is 138 Å². The maximum atomic E-state index is 12.5. The molecule has 7 heteroatoms. The lowest BCUT2D eigenvalue weighted by Gasteiger charge is -2.19. The molecular formula is C16H25N3O3S. The van der Waals surface area contributed by atoms with Gasteiger partial charge in [-0.1, -0.05) is 32.9 Å². The monoisotopic (exact) mass is 339 g/mol. The lowest BCUT2D eigenvalue weighted by molar-refractivity contribution is 0.0950. The van der Waals surface area contributed by atoms with Crippen LogP contribution in [0.15, 0.2) is 24.3 Å². The van der Waals surface area contributed by atoms with E-state index in [-0.39, 0.29) is 5.91 Å². The fourth-order valence-electron chi connectivity index (χ4n) is 2.48. The lowest BCUT2D eigenvalue weighted by atomic mass is 10.1. The summed E-state index contributed by atoms with van der Waals surface area (Å²) in [6.07, 6.45) is 0.859. The maximum Gasteiger partial charge on any atom is 0.301 e. The number of amides is 1. The van der Waals surface area contributed by atoms with Crippen LogP contribution in [0.1, 0.15) is 37.6 Å². The number of rotatable bonds is 6. The molecule has 1 aromatic rings. The summed E-state index contributed by atoms with van der Waals surface area (Å²) >= 11 is 0. The molecule has 0 bridgehead atoms. The van der Waals surface area contributed by atoms with E-state index in [2.05, 4.69) is 10.0 Å². The Morgan fingerprint density at radius 3 is 2.65 bits per heavy atom. The summed E-state index contributed by atoms with van der Waals surface area (Å²) in [7, 11) is -3.63. The van der Waals surface area contributed by atoms with Gasteiger partial charge in [-0.25, -0.2) is 0 Å². The highest BCUT2D eigenvalue weighted by molar-refractivity contribution is 7.90. The Kier molecular flexibility index (Phi) is 5.64. The topological polar surface area (TPSA) is 78.5 Å². The van der Waals surface area contributed by atoms with Crippen molar-refractivity contribution >= 4 is 21.8 Å². The fraction of sp³-hybridized carbons (Fsp3) is 0.562. The Morgan fingerprint density at radius 2 is 2.04 bits per heavy atom. The van der Waals surface area contributed by atoms with Crippen molar-refractivity contribution in [1.29, 1.82) is 0 Å². The van der Waals surface area contributed by atoms with Crippen molar-refractivity contribution in [3.63, 3.8) is 0 Å². The lowest BCUT2D eigenvalue weighted by Crippen LogP contribution is -2.35. The Balaban J connectivity index is 2.15. The number of para-hydroxylation sites is 1. The molecule has 1 aliphatic rings. The largest absolute Gasteiger partial charge is 0.352 e. The average Bonchev–Trinajstić information content (AvgIpc) is 2.92. The van der Waals surface area contributed by atoms with Gasteiger partial charge >= 0.3 is 10.2 Å². The zero-order valence-electron chi connectivity index (χ0n) is 13.9. The summed E-state index contributed by atoms with van der Waals surface area (Å²) in [6.45, 7) is 7.61. The molecule has 1 unspecified atom stereocenters. The van der Waals surface area contributed by atoms with Crippen LogP contribution in [0.25, 0.3) is 0 Å². The second-order valence-corrected chi connectivity index (χ2v) is 8.18. The first-order valence-corrected chi connectivity index (χ1v) is 9.38. The van der Waals surface area contributed by atoms with Gasteiger partial charge in [-0.2, -0.15) is 12.7 Å². The first-order chi connectivity index (χ1) is 10.8. The molecule has 1 heterocycles. The van der Waals surface area contributed by atoms with Crippen molar-refractivity contribution in [1.82, 2.24) is 9.62 Å². The van der Waals surface area contributed by atoms with E-state index < -0.39 is 10.2 Å². The molecule has 128 valence electrons. The summed E-state index contributed by atoms with van der Waals surface area (Å²) in [5, 5.41) is 2.81. The molecule has 0 spiro atoms. The number of nitrogens with zero attached hydrogens (tertiary/aromatic N) is 1. The Morgan fingerprint density at radius 1 is 1.35 bits per heavy atom. The van der Waals surface area contributed by atoms with Crippen molar-refractivity contribution in [2.24, 2.45) is 11.8 Å². The summed E-state index contributed by atoms with van der Waals surface area (Å²) < 4.78 is 28.9. The van der Waals surface area contributed by atoms with Crippen molar-refractivity contribution in [2.45, 2.75) is 27.2 Å². The van der Waals surface area contributed by atoms with Crippen LogP contribution in [-0.2, 0) is 10.2 Å². The quantitative estimate of drug-likeness (QED) is 0.833. The minimum absolute atomic E-state index is 0.271. The normalized spacial score (nSPS) is 19.0. The second kappa shape index (κ2) is 7.31. The number of hydrogen-bond donors (Lipinski definition) is 2. The van der Waals surface area contributed by atoms with Gasteiger partial charge in [-0.15, -0.1) is 0 Å². The summed E-state index contributed by atoms with van der Waals surface area (Å²) in [5.74, 6) is 0.414. The summed E-state index contributed by atoms with van der Waals surface area (Å²) in [4.78, 5) is 12.3. The standard InChI is InChI=1S/C16H25N3O3S/c1-12(2)10-17-16(20)14-6-4-5-7-15(14)18-23(21,22)19-9-8-13(3)11-19/h4-7,12-13,18H,8-11H2,1-3H3,(H,17,20). The molecule has 6 nitrogen and oxygen atoms in total. The van der Waals surface area contributed by atoms with Gasteiger partial charge in [0, 0.05) is 19.6 Å². The van der Waals surface area contributed by atoms with Crippen LogP contribution in [0.4, 0.5) is 5.69 Å². The number of carbonyl (C=O) groups excluding carboxylic acids is 1. The SMILES string of the molecule is CC(C)CNC(=O)c1ccccc1NS(=O)(=O)N1CCC(C)C1. The van der Waals surface area contributed by atoms with Crippen molar-refractivity contribution in [3.8, 4) is 0 Å². The molecule has 2 rings (SSSR count). The van der Waals surface area contributed by atoms with Crippen LogP contribution in [0.2, 0.25) is 0 Å². The van der Waals surface area contributed by atoms with Gasteiger partial charge in [0.25, 0.3) is 5.91 Å². The number of anilines is 1. The van der Waals surface area contributed by atoms with Gasteiger partial charge < -0.3 is 5.32 Å². The van der Waals surface area contributed by atoms with Crippen LogP contribution >= 0.6 is 0 Å². The number of benzene rings is 1. The van der Waals surface area contributed by atoms with Crippen LogP contribution in [0.3, 0.4) is 0 Å². The van der Waals surface area contributed by atoms with Gasteiger partial charge in [-0.05, 0) is 30.4 Å². The minimum atomic E-state index is -3.63. The van der Waals surface area contributed by atoms with E-state index >= 15 is 0 Å². The van der Waals surface area contributed by atoms with E-state index in [0.29, 0.717) is 42.7 Å². The van der Waals surface area contributed by atoms with Crippen molar-refractivity contribution in [3.05, 3.63) is 29.8 Å². The number of carbonyl (C=O) groups is 1. The Bertz CT molecular complexity index is 658. The summed E-state index contributed by atoms with van der Waals surface area (Å²) in [5.41, 5.74) is 0.650. The first-order valence-electron chi connectivity index (χ1n) is 7.94. The third-order valence-corrected chi connectivity index (χ3v) is 5.30. The van der Waals surface area contributed by atoms with E-state index in [1.54, 1.807) is 24.3 Å². The molecule has 23 heavy (non-hydrogen) atoms. The molecule has 1 aliphatic heterocycles. The molecule has 0 saturated carbocycles. The minimum Gasteiger partial charge on any atom is -0.352 e. The van der Waals surface area contributed by atoms with Gasteiger partial charge in [-0.3, -0.25) is 9.52 Å². The van der Waals surface area contributed by atoms with E-state index in [9.17, 15) is 13.2 Å². The predicted molar refractivity (Wildman–Crippen MR) is 91.5 cm³/mol. The molecule has 0 aromatic heterocycles. The molecule has 1 atom stereocenters. The van der Waals surface area contributed by atoms with Crippen molar-refractivity contribution in [2.75, 3.05) is 24.4 Å². The molecule has 1 fully saturated rings. The highest BCUT2D eigenvalue weighted by Crippen LogP contribution is 2.22. The van der Waals surface area contributed by atoms with E-state index in [4.69, 9.17) is 0 Å². The molecule has 1 amide bonds. The molecular weight excluding hydrogens is 314 g/mol. The van der Waals surface area contributed by atoms with Crippen LogP contribution in [-0.4, -0.2) is 38.3 Å². The number of hydrogen-bond acceptors (Lipinski definition) is 3. The third kappa shape index (κ3) is 4.68. The first kappa shape index (κ1) is 17.7. The maximum absolute atomic E-state index is 12.5. The second-order valence-electron chi connectivity index (χ2n) is 6.51.